The van der Waals surface area contributed by atoms with Gasteiger partial charge in [-0.25, -0.2) is 0 Å². The van der Waals surface area contributed by atoms with Crippen LogP contribution in [-0.2, 0) is 0 Å². The molecule has 3 aliphatic rings. The van der Waals surface area contributed by atoms with Crippen LogP contribution in [0.25, 0.3) is 0 Å². The molecule has 0 radical (unpaired) electrons. The van der Waals surface area contributed by atoms with Gasteiger partial charge < -0.3 is 10.2 Å². The summed E-state index contributed by atoms with van der Waals surface area (Å²) in [5.41, 5.74) is 0.650. The van der Waals surface area contributed by atoms with Crippen LogP contribution in [0.15, 0.2) is 4.99 Å². The fourth-order valence-corrected chi connectivity index (χ4v) is 4.38. The minimum absolute atomic E-state index is 0. The zero-order valence-electron chi connectivity index (χ0n) is 14.3. The van der Waals surface area contributed by atoms with Crippen LogP contribution >= 0.6 is 24.0 Å². The first-order valence-corrected chi connectivity index (χ1v) is 8.96. The van der Waals surface area contributed by atoms with E-state index >= 15 is 0 Å². The molecule has 1 aliphatic carbocycles. The van der Waals surface area contributed by atoms with Gasteiger partial charge in [0.15, 0.2) is 5.96 Å². The second-order valence-electron chi connectivity index (χ2n) is 7.26. The van der Waals surface area contributed by atoms with Gasteiger partial charge in [0.05, 0.1) is 0 Å². The van der Waals surface area contributed by atoms with Crippen LogP contribution in [0.1, 0.15) is 51.9 Å². The Balaban J connectivity index is 0.00000176. The number of nitrogens with one attached hydrogen (secondary N) is 1. The summed E-state index contributed by atoms with van der Waals surface area (Å²) < 4.78 is 0. The smallest absolute Gasteiger partial charge is 0.193 e. The highest BCUT2D eigenvalue weighted by Gasteiger charge is 2.43. The number of rotatable bonds is 4. The Morgan fingerprint density at radius 1 is 1.14 bits per heavy atom. The van der Waals surface area contributed by atoms with Crippen molar-refractivity contribution in [3.8, 4) is 0 Å². The Labute approximate surface area is 153 Å². The third-order valence-corrected chi connectivity index (χ3v) is 5.99. The number of nitrogens with zero attached hydrogens (tertiary/aromatic N) is 3. The standard InChI is InChI=1S/C17H32N4.HI/c1-3-15(20-10-4-5-11-20)13-19-16(18-2)21-12-9-17(14-21)7-6-8-17;/h15H,3-14H2,1-2H3,(H,18,19);1H. The Kier molecular flexibility index (Phi) is 6.80. The van der Waals surface area contributed by atoms with Crippen molar-refractivity contribution in [2.45, 2.75) is 57.9 Å². The monoisotopic (exact) mass is 420 g/mol. The summed E-state index contributed by atoms with van der Waals surface area (Å²) in [6.07, 6.45) is 9.66. The van der Waals surface area contributed by atoms with E-state index in [0.717, 1.165) is 12.5 Å². The average Bonchev–Trinajstić information content (AvgIpc) is 3.12. The number of hydrogen-bond acceptors (Lipinski definition) is 2. The fraction of sp³-hybridized carbons (Fsp3) is 0.941. The summed E-state index contributed by atoms with van der Waals surface area (Å²) in [5, 5.41) is 3.66. The Morgan fingerprint density at radius 2 is 1.86 bits per heavy atom. The molecule has 2 heterocycles. The molecule has 3 rings (SSSR count). The predicted octanol–water partition coefficient (Wildman–Crippen LogP) is 2.93. The minimum Gasteiger partial charge on any atom is -0.355 e. The predicted molar refractivity (Wildman–Crippen MR) is 104 cm³/mol. The molecule has 0 aromatic carbocycles. The molecular formula is C17H33IN4. The highest BCUT2D eigenvalue weighted by molar-refractivity contribution is 14.0. The van der Waals surface area contributed by atoms with Crippen molar-refractivity contribution >= 4 is 29.9 Å². The molecule has 1 unspecified atom stereocenters. The molecule has 1 N–H and O–H groups in total. The molecule has 1 atom stereocenters. The van der Waals surface area contributed by atoms with E-state index in [1.807, 2.05) is 7.05 Å². The summed E-state index contributed by atoms with van der Waals surface area (Å²) >= 11 is 0. The summed E-state index contributed by atoms with van der Waals surface area (Å²) in [6, 6.07) is 0.671. The third-order valence-electron chi connectivity index (χ3n) is 5.99. The van der Waals surface area contributed by atoms with E-state index in [2.05, 4.69) is 27.0 Å². The molecule has 1 saturated carbocycles. The third kappa shape index (κ3) is 3.89. The normalized spacial score (nSPS) is 25.9. The average molecular weight is 420 g/mol. The molecule has 5 heteroatoms. The Morgan fingerprint density at radius 3 is 2.36 bits per heavy atom. The second kappa shape index (κ2) is 8.18. The van der Waals surface area contributed by atoms with E-state index in [4.69, 9.17) is 0 Å². The van der Waals surface area contributed by atoms with Crippen molar-refractivity contribution in [1.29, 1.82) is 0 Å². The number of halogens is 1. The van der Waals surface area contributed by atoms with Crippen LogP contribution in [0.4, 0.5) is 0 Å². The fourth-order valence-electron chi connectivity index (χ4n) is 4.38. The molecule has 4 nitrogen and oxygen atoms in total. The Bertz CT molecular complexity index is 375. The molecule has 0 bridgehead atoms. The van der Waals surface area contributed by atoms with Crippen molar-refractivity contribution in [2.24, 2.45) is 10.4 Å². The number of aliphatic imine (C=N–C) groups is 1. The van der Waals surface area contributed by atoms with Gasteiger partial charge in [0.1, 0.15) is 0 Å². The number of likely N-dealkylation sites (tertiary alicyclic amines) is 2. The van der Waals surface area contributed by atoms with Gasteiger partial charge in [-0.3, -0.25) is 9.89 Å². The van der Waals surface area contributed by atoms with E-state index in [1.54, 1.807) is 0 Å². The Hall–Kier alpha value is -0.0400. The SMILES string of the molecule is CCC(CNC(=NC)N1CCC2(CCC2)C1)N1CCCC1.I. The molecule has 0 amide bonds. The zero-order chi connectivity index (χ0) is 14.7. The van der Waals surface area contributed by atoms with Gasteiger partial charge >= 0.3 is 0 Å². The van der Waals surface area contributed by atoms with Gasteiger partial charge in [-0.1, -0.05) is 13.3 Å². The largest absolute Gasteiger partial charge is 0.355 e. The minimum atomic E-state index is 0. The molecule has 22 heavy (non-hydrogen) atoms. The highest BCUT2D eigenvalue weighted by Crippen LogP contribution is 2.47. The highest BCUT2D eigenvalue weighted by atomic mass is 127. The molecule has 3 fully saturated rings. The first-order chi connectivity index (χ1) is 10.3. The van der Waals surface area contributed by atoms with E-state index < -0.39 is 0 Å². The van der Waals surface area contributed by atoms with Crippen molar-refractivity contribution in [1.82, 2.24) is 15.1 Å². The van der Waals surface area contributed by atoms with Gasteiger partial charge in [-0.05, 0) is 57.0 Å². The zero-order valence-corrected chi connectivity index (χ0v) is 16.6. The van der Waals surface area contributed by atoms with Crippen molar-refractivity contribution in [3.63, 3.8) is 0 Å². The lowest BCUT2D eigenvalue weighted by molar-refractivity contribution is 0.151. The molecule has 0 aromatic rings. The van der Waals surface area contributed by atoms with Gasteiger partial charge in [0, 0.05) is 32.7 Å². The lowest BCUT2D eigenvalue weighted by Gasteiger charge is -2.38. The van der Waals surface area contributed by atoms with E-state index in [1.165, 1.54) is 71.1 Å². The van der Waals surface area contributed by atoms with Gasteiger partial charge in [0.25, 0.3) is 0 Å². The van der Waals surface area contributed by atoms with Crippen molar-refractivity contribution in [3.05, 3.63) is 0 Å². The quantitative estimate of drug-likeness (QED) is 0.431. The summed E-state index contributed by atoms with van der Waals surface area (Å²) in [4.78, 5) is 9.69. The maximum atomic E-state index is 4.54. The molecule has 128 valence electrons. The second-order valence-corrected chi connectivity index (χ2v) is 7.26. The van der Waals surface area contributed by atoms with Crippen LogP contribution in [0.3, 0.4) is 0 Å². The maximum Gasteiger partial charge on any atom is 0.193 e. The van der Waals surface area contributed by atoms with Crippen LogP contribution < -0.4 is 5.32 Å². The number of guanidine groups is 1. The molecular weight excluding hydrogens is 387 g/mol. The summed E-state index contributed by atoms with van der Waals surface area (Å²) in [7, 11) is 1.94. The first-order valence-electron chi connectivity index (χ1n) is 8.96. The van der Waals surface area contributed by atoms with E-state index in [-0.39, 0.29) is 24.0 Å². The van der Waals surface area contributed by atoms with Gasteiger partial charge in [-0.15, -0.1) is 24.0 Å². The van der Waals surface area contributed by atoms with Crippen LogP contribution in [-0.4, -0.2) is 61.6 Å². The van der Waals surface area contributed by atoms with Crippen LogP contribution in [0.5, 0.6) is 0 Å². The van der Waals surface area contributed by atoms with Crippen LogP contribution in [0.2, 0.25) is 0 Å². The van der Waals surface area contributed by atoms with Gasteiger partial charge in [0.2, 0.25) is 0 Å². The number of hydrogen-bond donors (Lipinski definition) is 1. The lowest BCUT2D eigenvalue weighted by atomic mass is 9.68. The molecule has 1 spiro atoms. The van der Waals surface area contributed by atoms with Crippen LogP contribution in [0, 0.1) is 5.41 Å². The summed E-state index contributed by atoms with van der Waals surface area (Å²) in [5.74, 6) is 1.14. The topological polar surface area (TPSA) is 30.9 Å². The van der Waals surface area contributed by atoms with Crippen molar-refractivity contribution < 1.29 is 0 Å². The van der Waals surface area contributed by atoms with Gasteiger partial charge in [-0.2, -0.15) is 0 Å². The lowest BCUT2D eigenvalue weighted by Crippen LogP contribution is -2.48. The summed E-state index contributed by atoms with van der Waals surface area (Å²) in [6.45, 7) is 8.35. The molecule has 2 aliphatic heterocycles. The van der Waals surface area contributed by atoms with Crippen molar-refractivity contribution in [2.75, 3.05) is 39.8 Å². The van der Waals surface area contributed by atoms with E-state index in [9.17, 15) is 0 Å². The molecule has 2 saturated heterocycles. The molecule has 0 aromatic heterocycles. The first kappa shape index (κ1) is 18.3. The van der Waals surface area contributed by atoms with E-state index in [0.29, 0.717) is 11.5 Å². The maximum absolute atomic E-state index is 4.54.